The first-order valence-corrected chi connectivity index (χ1v) is 6.48. The van der Waals surface area contributed by atoms with E-state index in [0.29, 0.717) is 23.3 Å². The number of H-pyrrole nitrogens is 1. The topological polar surface area (TPSA) is 68.4 Å². The lowest BCUT2D eigenvalue weighted by Gasteiger charge is -2.10. The molecule has 0 bridgehead atoms. The zero-order valence-corrected chi connectivity index (χ0v) is 12.2. The highest BCUT2D eigenvalue weighted by Gasteiger charge is 2.12. The number of aromatic amines is 1. The smallest absolute Gasteiger partial charge is 0.337 e. The number of hydrogen-bond donors (Lipinski definition) is 1. The van der Waals surface area contributed by atoms with Gasteiger partial charge in [0.25, 0.3) is 5.56 Å². The monoisotopic (exact) mass is 287 g/mol. The lowest BCUT2D eigenvalue weighted by Crippen LogP contribution is -2.13. The van der Waals surface area contributed by atoms with Crippen LogP contribution in [0.1, 0.15) is 27.0 Å². The minimum atomic E-state index is -0.423. The molecule has 0 aliphatic heterocycles. The van der Waals surface area contributed by atoms with Crippen LogP contribution in [0.2, 0.25) is 0 Å². The molecule has 1 N–H and O–H groups in total. The van der Waals surface area contributed by atoms with E-state index in [9.17, 15) is 9.59 Å². The minimum absolute atomic E-state index is 0.125. The van der Waals surface area contributed by atoms with Crippen molar-refractivity contribution in [3.63, 3.8) is 0 Å². The van der Waals surface area contributed by atoms with Crippen molar-refractivity contribution in [3.05, 3.63) is 63.1 Å². The molecule has 1 aromatic carbocycles. The molecular formula is C16H17NO4. The molecule has 0 unspecified atom stereocenters. The Balaban J connectivity index is 2.38. The molecule has 0 saturated heterocycles. The molecule has 0 aliphatic carbocycles. The van der Waals surface area contributed by atoms with Crippen LogP contribution in [-0.2, 0) is 11.2 Å². The van der Waals surface area contributed by atoms with Crippen molar-refractivity contribution in [2.24, 2.45) is 0 Å². The fourth-order valence-corrected chi connectivity index (χ4v) is 2.13. The number of aryl methyl sites for hydroxylation is 1. The molecule has 5 nitrogen and oxygen atoms in total. The zero-order valence-electron chi connectivity index (χ0n) is 12.2. The van der Waals surface area contributed by atoms with Gasteiger partial charge in [-0.1, -0.05) is 6.07 Å². The summed E-state index contributed by atoms with van der Waals surface area (Å²) < 4.78 is 9.98. The molecule has 0 fully saturated rings. The molecule has 5 heteroatoms. The average molecular weight is 287 g/mol. The van der Waals surface area contributed by atoms with Gasteiger partial charge in [-0.15, -0.1) is 0 Å². The van der Waals surface area contributed by atoms with Crippen molar-refractivity contribution in [2.75, 3.05) is 14.2 Å². The summed E-state index contributed by atoms with van der Waals surface area (Å²) in [6, 6.07) is 6.89. The van der Waals surface area contributed by atoms with Gasteiger partial charge < -0.3 is 14.5 Å². The maximum atomic E-state index is 11.8. The summed E-state index contributed by atoms with van der Waals surface area (Å²) in [4.78, 5) is 26.0. The lowest BCUT2D eigenvalue weighted by atomic mass is 10.0. The third-order valence-corrected chi connectivity index (χ3v) is 3.21. The Bertz CT molecular complexity index is 718. The number of nitrogens with one attached hydrogen (secondary N) is 1. The number of esters is 1. The van der Waals surface area contributed by atoms with E-state index < -0.39 is 5.97 Å². The van der Waals surface area contributed by atoms with E-state index in [2.05, 4.69) is 9.72 Å². The summed E-state index contributed by atoms with van der Waals surface area (Å²) in [6.07, 6.45) is 2.10. The van der Waals surface area contributed by atoms with Crippen LogP contribution in [0.15, 0.2) is 35.3 Å². The second kappa shape index (κ2) is 6.26. The molecule has 1 heterocycles. The molecule has 0 aliphatic rings. The van der Waals surface area contributed by atoms with Gasteiger partial charge >= 0.3 is 5.97 Å². The Morgan fingerprint density at radius 3 is 2.62 bits per heavy atom. The number of methoxy groups -OCH3 is 2. The first kappa shape index (κ1) is 14.8. The Labute approximate surface area is 122 Å². The van der Waals surface area contributed by atoms with Crippen molar-refractivity contribution in [3.8, 4) is 5.75 Å². The molecule has 1 aromatic heterocycles. The van der Waals surface area contributed by atoms with Gasteiger partial charge in [0.05, 0.1) is 19.8 Å². The average Bonchev–Trinajstić information content (AvgIpc) is 2.50. The van der Waals surface area contributed by atoms with E-state index in [1.807, 2.05) is 13.0 Å². The molecule has 0 amide bonds. The number of ether oxygens (including phenoxy) is 2. The summed E-state index contributed by atoms with van der Waals surface area (Å²) >= 11 is 0. The standard InChI is InChI=1S/C16H17NO4/c1-10-6-13(15(18)17-9-10)7-11-4-5-12(16(19)21-3)8-14(11)20-2/h4-6,8-9H,7H2,1-3H3,(H,17,18). The second-order valence-electron chi connectivity index (χ2n) is 4.73. The van der Waals surface area contributed by atoms with Gasteiger partial charge in [-0.25, -0.2) is 4.79 Å². The molecule has 0 radical (unpaired) electrons. The Morgan fingerprint density at radius 1 is 1.19 bits per heavy atom. The molecule has 0 saturated carbocycles. The van der Waals surface area contributed by atoms with Crippen molar-refractivity contribution in [2.45, 2.75) is 13.3 Å². The van der Waals surface area contributed by atoms with E-state index in [0.717, 1.165) is 11.1 Å². The van der Waals surface area contributed by atoms with E-state index in [1.165, 1.54) is 14.2 Å². The van der Waals surface area contributed by atoms with Crippen LogP contribution >= 0.6 is 0 Å². The molecular weight excluding hydrogens is 270 g/mol. The fraction of sp³-hybridized carbons (Fsp3) is 0.250. The summed E-state index contributed by atoms with van der Waals surface area (Å²) in [5.41, 5.74) is 2.76. The first-order chi connectivity index (χ1) is 10.0. The number of aromatic nitrogens is 1. The van der Waals surface area contributed by atoms with Gasteiger partial charge in [0, 0.05) is 18.2 Å². The highest BCUT2D eigenvalue weighted by atomic mass is 16.5. The predicted molar refractivity (Wildman–Crippen MR) is 78.9 cm³/mol. The fourth-order valence-electron chi connectivity index (χ4n) is 2.13. The number of carbonyl (C=O) groups is 1. The normalized spacial score (nSPS) is 10.2. The molecule has 0 atom stereocenters. The van der Waals surface area contributed by atoms with Crippen molar-refractivity contribution in [1.82, 2.24) is 4.98 Å². The van der Waals surface area contributed by atoms with Crippen LogP contribution in [0.25, 0.3) is 0 Å². The molecule has 2 aromatic rings. The highest BCUT2D eigenvalue weighted by molar-refractivity contribution is 5.89. The van der Waals surface area contributed by atoms with Gasteiger partial charge in [0.2, 0.25) is 0 Å². The second-order valence-corrected chi connectivity index (χ2v) is 4.73. The van der Waals surface area contributed by atoms with Crippen LogP contribution in [0, 0.1) is 6.92 Å². The van der Waals surface area contributed by atoms with E-state index in [4.69, 9.17) is 4.74 Å². The van der Waals surface area contributed by atoms with Gasteiger partial charge in [0.1, 0.15) is 5.75 Å². The van der Waals surface area contributed by atoms with Crippen LogP contribution in [0.4, 0.5) is 0 Å². The highest BCUT2D eigenvalue weighted by Crippen LogP contribution is 2.23. The Hall–Kier alpha value is -2.56. The number of carbonyl (C=O) groups excluding carboxylic acids is 1. The molecule has 0 spiro atoms. The summed E-state index contributed by atoms with van der Waals surface area (Å²) in [7, 11) is 2.86. The molecule has 2 rings (SSSR count). The predicted octanol–water partition coefficient (Wildman–Crippen LogP) is 2.07. The number of pyridine rings is 1. The molecule has 21 heavy (non-hydrogen) atoms. The maximum absolute atomic E-state index is 11.8. The Morgan fingerprint density at radius 2 is 1.95 bits per heavy atom. The van der Waals surface area contributed by atoms with Gasteiger partial charge in [-0.2, -0.15) is 0 Å². The molecule has 110 valence electrons. The van der Waals surface area contributed by atoms with Crippen LogP contribution in [0.5, 0.6) is 5.75 Å². The van der Waals surface area contributed by atoms with Crippen molar-refractivity contribution < 1.29 is 14.3 Å². The Kier molecular flexibility index (Phi) is 4.42. The number of benzene rings is 1. The SMILES string of the molecule is COC(=O)c1ccc(Cc2cc(C)c[nH]c2=O)c(OC)c1. The number of hydrogen-bond acceptors (Lipinski definition) is 4. The summed E-state index contributed by atoms with van der Waals surface area (Å²) in [5.74, 6) is 0.132. The van der Waals surface area contributed by atoms with Crippen LogP contribution < -0.4 is 10.3 Å². The maximum Gasteiger partial charge on any atom is 0.337 e. The van der Waals surface area contributed by atoms with E-state index >= 15 is 0 Å². The minimum Gasteiger partial charge on any atom is -0.496 e. The third kappa shape index (κ3) is 3.31. The quantitative estimate of drug-likeness (QED) is 0.874. The lowest BCUT2D eigenvalue weighted by molar-refractivity contribution is 0.0600. The van der Waals surface area contributed by atoms with Gasteiger partial charge in [0.15, 0.2) is 0 Å². The van der Waals surface area contributed by atoms with Crippen LogP contribution in [-0.4, -0.2) is 25.2 Å². The number of rotatable bonds is 4. The summed E-state index contributed by atoms with van der Waals surface area (Å²) in [5, 5.41) is 0. The third-order valence-electron chi connectivity index (χ3n) is 3.21. The van der Waals surface area contributed by atoms with Gasteiger partial charge in [-0.3, -0.25) is 4.79 Å². The van der Waals surface area contributed by atoms with Crippen LogP contribution in [0.3, 0.4) is 0 Å². The van der Waals surface area contributed by atoms with Crippen molar-refractivity contribution >= 4 is 5.97 Å². The van der Waals surface area contributed by atoms with E-state index in [-0.39, 0.29) is 5.56 Å². The van der Waals surface area contributed by atoms with Crippen molar-refractivity contribution in [1.29, 1.82) is 0 Å². The van der Waals surface area contributed by atoms with Gasteiger partial charge in [-0.05, 0) is 36.2 Å². The summed E-state index contributed by atoms with van der Waals surface area (Å²) in [6.45, 7) is 1.91. The van der Waals surface area contributed by atoms with E-state index in [1.54, 1.807) is 24.4 Å². The first-order valence-electron chi connectivity index (χ1n) is 6.48. The largest absolute Gasteiger partial charge is 0.496 e. The zero-order chi connectivity index (χ0) is 15.4.